The van der Waals surface area contributed by atoms with Crippen molar-refractivity contribution in [3.05, 3.63) is 71.5 Å². The van der Waals surface area contributed by atoms with Gasteiger partial charge in [0.05, 0.1) is 17.1 Å². The lowest BCUT2D eigenvalue weighted by atomic mass is 10.1. The second-order valence-electron chi connectivity index (χ2n) is 6.50. The van der Waals surface area contributed by atoms with E-state index in [2.05, 4.69) is 42.9 Å². The van der Waals surface area contributed by atoms with E-state index in [1.807, 2.05) is 63.4 Å². The average Bonchev–Trinajstić information content (AvgIpc) is 3.29. The molecule has 6 nitrogen and oxygen atoms in total. The molecule has 4 rings (SSSR count). The Kier molecular flexibility index (Phi) is 4.99. The number of anilines is 1. The third-order valence-electron chi connectivity index (χ3n) is 4.36. The molecule has 2 aromatic heterocycles. The lowest BCUT2D eigenvalue weighted by molar-refractivity contribution is 1.17. The number of aryl methyl sites for hydroxylation is 2. The molecule has 0 aliphatic carbocycles. The molecular weight excluding hydrogens is 368 g/mol. The standard InChI is InChI=1S/C21H20N6S/c1-13-8-10-16(11-9-13)25-26-20-15(3)23-21(28-20)27-24-14(2)18-12-22-19-7-5-4-6-17(18)19/h4-12,22H,1-3H3,(H,23,27)/b24-14-,26-25?. The first-order chi connectivity index (χ1) is 13.6. The van der Waals surface area contributed by atoms with E-state index in [1.165, 1.54) is 16.9 Å². The molecule has 2 N–H and O–H groups in total. The minimum absolute atomic E-state index is 0.689. The first-order valence-electron chi connectivity index (χ1n) is 8.93. The summed E-state index contributed by atoms with van der Waals surface area (Å²) in [5.74, 6) is 0. The molecule has 0 aliphatic rings. The molecule has 0 saturated heterocycles. The van der Waals surface area contributed by atoms with Crippen LogP contribution in [-0.2, 0) is 0 Å². The topological polar surface area (TPSA) is 77.8 Å². The number of aromatic amines is 1. The number of para-hydroxylation sites is 1. The molecule has 0 saturated carbocycles. The average molecular weight is 389 g/mol. The Morgan fingerprint density at radius 2 is 1.82 bits per heavy atom. The van der Waals surface area contributed by atoms with Gasteiger partial charge in [-0.15, -0.1) is 10.2 Å². The molecule has 0 aliphatic heterocycles. The molecule has 0 fully saturated rings. The number of thiazole rings is 1. The maximum Gasteiger partial charge on any atom is 0.205 e. The van der Waals surface area contributed by atoms with E-state index in [9.17, 15) is 0 Å². The van der Waals surface area contributed by atoms with Crippen LogP contribution in [0.3, 0.4) is 0 Å². The van der Waals surface area contributed by atoms with Crippen LogP contribution in [0.2, 0.25) is 0 Å². The normalized spacial score (nSPS) is 12.2. The highest BCUT2D eigenvalue weighted by molar-refractivity contribution is 7.19. The quantitative estimate of drug-likeness (QED) is 0.233. The van der Waals surface area contributed by atoms with Crippen molar-refractivity contribution in [2.75, 3.05) is 5.43 Å². The van der Waals surface area contributed by atoms with E-state index < -0.39 is 0 Å². The number of nitrogens with one attached hydrogen (secondary N) is 2. The highest BCUT2D eigenvalue weighted by Crippen LogP contribution is 2.32. The van der Waals surface area contributed by atoms with Crippen LogP contribution in [0.15, 0.2) is 70.1 Å². The Bertz CT molecular complexity index is 1170. The number of hydrazone groups is 1. The highest BCUT2D eigenvalue weighted by Gasteiger charge is 2.08. The number of fused-ring (bicyclic) bond motifs is 1. The van der Waals surface area contributed by atoms with Crippen molar-refractivity contribution in [1.82, 2.24) is 9.97 Å². The van der Waals surface area contributed by atoms with Crippen molar-refractivity contribution < 1.29 is 0 Å². The zero-order chi connectivity index (χ0) is 19.5. The molecule has 4 aromatic rings. The van der Waals surface area contributed by atoms with Crippen LogP contribution < -0.4 is 5.43 Å². The van der Waals surface area contributed by atoms with Gasteiger partial charge in [-0.05, 0) is 39.0 Å². The Labute approximate surface area is 167 Å². The van der Waals surface area contributed by atoms with Crippen molar-refractivity contribution in [1.29, 1.82) is 0 Å². The summed E-state index contributed by atoms with van der Waals surface area (Å²) in [5, 5.41) is 15.7. The first kappa shape index (κ1) is 18.1. The van der Waals surface area contributed by atoms with Gasteiger partial charge in [-0.3, -0.25) is 5.43 Å². The fraction of sp³-hybridized carbons (Fsp3) is 0.143. The largest absolute Gasteiger partial charge is 0.360 e. The molecule has 28 heavy (non-hydrogen) atoms. The predicted octanol–water partition coefficient (Wildman–Crippen LogP) is 6.49. The van der Waals surface area contributed by atoms with Gasteiger partial charge in [-0.25, -0.2) is 4.98 Å². The molecule has 0 amide bonds. The first-order valence-corrected chi connectivity index (χ1v) is 9.74. The number of benzene rings is 2. The van der Waals surface area contributed by atoms with Crippen molar-refractivity contribution in [3.8, 4) is 0 Å². The third-order valence-corrected chi connectivity index (χ3v) is 5.31. The van der Waals surface area contributed by atoms with Crippen LogP contribution in [0.1, 0.15) is 23.7 Å². The summed E-state index contributed by atoms with van der Waals surface area (Å²) in [6, 6.07) is 16.1. The summed E-state index contributed by atoms with van der Waals surface area (Å²) in [7, 11) is 0. The zero-order valence-corrected chi connectivity index (χ0v) is 16.7. The Morgan fingerprint density at radius 1 is 1.04 bits per heavy atom. The maximum atomic E-state index is 4.49. The summed E-state index contributed by atoms with van der Waals surface area (Å²) < 4.78 is 0. The molecule has 0 bridgehead atoms. The van der Waals surface area contributed by atoms with Gasteiger partial charge in [0.15, 0.2) is 5.00 Å². The molecule has 0 spiro atoms. The van der Waals surface area contributed by atoms with Crippen LogP contribution >= 0.6 is 11.3 Å². The fourth-order valence-corrected chi connectivity index (χ4v) is 3.54. The number of nitrogens with zero attached hydrogens (tertiary/aromatic N) is 4. The second kappa shape index (κ2) is 7.74. The fourth-order valence-electron chi connectivity index (χ4n) is 2.81. The molecular formula is C21H20N6S. The van der Waals surface area contributed by atoms with Crippen molar-refractivity contribution >= 4 is 43.8 Å². The Hall–Kier alpha value is -3.32. The minimum Gasteiger partial charge on any atom is -0.360 e. The van der Waals surface area contributed by atoms with Crippen molar-refractivity contribution in [2.24, 2.45) is 15.3 Å². The van der Waals surface area contributed by atoms with Gasteiger partial charge in [0.1, 0.15) is 0 Å². The van der Waals surface area contributed by atoms with Crippen LogP contribution in [0.4, 0.5) is 15.8 Å². The van der Waals surface area contributed by atoms with Gasteiger partial charge >= 0.3 is 0 Å². The molecule has 0 unspecified atom stereocenters. The molecule has 2 aromatic carbocycles. The SMILES string of the molecule is C/C(=N/Nc1nc(C)c(N=Nc2ccc(C)cc2)s1)c1c[nH]c2ccccc12. The van der Waals surface area contributed by atoms with Crippen LogP contribution in [0.5, 0.6) is 0 Å². The molecule has 0 radical (unpaired) electrons. The van der Waals surface area contributed by atoms with Gasteiger partial charge in [0.25, 0.3) is 0 Å². The molecule has 0 atom stereocenters. The second-order valence-corrected chi connectivity index (χ2v) is 7.48. The number of H-pyrrole nitrogens is 1. The van der Waals surface area contributed by atoms with Gasteiger partial charge < -0.3 is 4.98 Å². The third kappa shape index (κ3) is 3.84. The number of hydrogen-bond acceptors (Lipinski definition) is 6. The highest BCUT2D eigenvalue weighted by atomic mass is 32.1. The molecule has 7 heteroatoms. The lowest BCUT2D eigenvalue weighted by Crippen LogP contribution is -1.98. The Morgan fingerprint density at radius 3 is 2.64 bits per heavy atom. The predicted molar refractivity (Wildman–Crippen MR) is 116 cm³/mol. The minimum atomic E-state index is 0.689. The van der Waals surface area contributed by atoms with E-state index in [0.29, 0.717) is 5.13 Å². The van der Waals surface area contributed by atoms with E-state index >= 15 is 0 Å². The van der Waals surface area contributed by atoms with E-state index in [4.69, 9.17) is 0 Å². The van der Waals surface area contributed by atoms with Crippen molar-refractivity contribution in [2.45, 2.75) is 20.8 Å². The van der Waals surface area contributed by atoms with Gasteiger partial charge in [0, 0.05) is 22.7 Å². The van der Waals surface area contributed by atoms with E-state index in [1.54, 1.807) is 0 Å². The summed E-state index contributed by atoms with van der Waals surface area (Å²) in [4.78, 5) is 7.76. The monoisotopic (exact) mass is 388 g/mol. The van der Waals surface area contributed by atoms with Gasteiger partial charge in [-0.1, -0.05) is 47.2 Å². The van der Waals surface area contributed by atoms with Crippen molar-refractivity contribution in [3.63, 3.8) is 0 Å². The van der Waals surface area contributed by atoms with Crippen LogP contribution in [0, 0.1) is 13.8 Å². The Balaban J connectivity index is 1.50. The summed E-state index contributed by atoms with van der Waals surface area (Å²) >= 11 is 1.43. The van der Waals surface area contributed by atoms with Crippen LogP contribution in [0.25, 0.3) is 10.9 Å². The van der Waals surface area contributed by atoms with Gasteiger partial charge in [0.2, 0.25) is 5.13 Å². The smallest absolute Gasteiger partial charge is 0.205 e. The van der Waals surface area contributed by atoms with E-state index in [-0.39, 0.29) is 0 Å². The molecule has 2 heterocycles. The van der Waals surface area contributed by atoms with Crippen LogP contribution in [-0.4, -0.2) is 15.7 Å². The number of azo groups is 1. The van der Waals surface area contributed by atoms with Gasteiger partial charge in [-0.2, -0.15) is 5.10 Å². The lowest BCUT2D eigenvalue weighted by Gasteiger charge is -1.99. The number of rotatable bonds is 5. The summed E-state index contributed by atoms with van der Waals surface area (Å²) in [6.45, 7) is 5.94. The number of hydrogen-bond donors (Lipinski definition) is 2. The molecule has 140 valence electrons. The zero-order valence-electron chi connectivity index (χ0n) is 15.9. The van der Waals surface area contributed by atoms with E-state index in [0.717, 1.165) is 38.6 Å². The summed E-state index contributed by atoms with van der Waals surface area (Å²) in [6.07, 6.45) is 1.97. The number of aromatic nitrogens is 2. The maximum absolute atomic E-state index is 4.49. The summed E-state index contributed by atoms with van der Waals surface area (Å²) in [5.41, 5.74) is 8.93.